The third kappa shape index (κ3) is 3.72. The van der Waals surface area contributed by atoms with Crippen molar-refractivity contribution in [1.29, 1.82) is 0 Å². The molecule has 0 atom stereocenters. The van der Waals surface area contributed by atoms with E-state index in [1.54, 1.807) is 0 Å². The normalized spacial score (nSPS) is 12.0. The predicted molar refractivity (Wildman–Crippen MR) is 77.1 cm³/mol. The molecule has 3 N–H and O–H groups in total. The molecule has 0 saturated heterocycles. The molecule has 0 fully saturated rings. The first-order chi connectivity index (χ1) is 11.2. The lowest BCUT2D eigenvalue weighted by Crippen LogP contribution is -2.12. The van der Waals surface area contributed by atoms with Crippen molar-refractivity contribution in [2.24, 2.45) is 10.9 Å². The first-order valence-corrected chi connectivity index (χ1v) is 6.34. The van der Waals surface area contributed by atoms with E-state index in [1.807, 2.05) is 0 Å². The van der Waals surface area contributed by atoms with E-state index in [0.717, 1.165) is 6.07 Å². The molecule has 0 aromatic heterocycles. The van der Waals surface area contributed by atoms with Crippen LogP contribution >= 0.6 is 0 Å². The molecule has 0 bridgehead atoms. The van der Waals surface area contributed by atoms with Crippen LogP contribution in [-0.4, -0.2) is 16.0 Å². The minimum Gasteiger partial charge on any atom is -0.450 e. The Hall–Kier alpha value is -3.30. The zero-order valence-electron chi connectivity index (χ0n) is 11.8. The first-order valence-electron chi connectivity index (χ1n) is 6.34. The summed E-state index contributed by atoms with van der Waals surface area (Å²) in [7, 11) is 0. The molecule has 126 valence electrons. The average Bonchev–Trinajstić information content (AvgIpc) is 2.54. The fourth-order valence-corrected chi connectivity index (χ4v) is 1.80. The fourth-order valence-electron chi connectivity index (χ4n) is 1.80. The van der Waals surface area contributed by atoms with Crippen LogP contribution in [-0.2, 0) is 6.18 Å². The maximum absolute atomic E-state index is 12.6. The number of ether oxygens (including phenoxy) is 1. The highest BCUT2D eigenvalue weighted by Crippen LogP contribution is 2.37. The SMILES string of the molecule is N/C(=N/O)c1ccc(Oc2ccc(C(F)(F)F)cc2[N+](=O)[O-])cc1. The standard InChI is InChI=1S/C14H10F3N3O4/c15-14(16,17)9-3-6-12(11(7-9)20(22)23)24-10-4-1-8(2-5-10)13(18)19-21/h1-7,21H,(H2,18,19). The van der Waals surface area contributed by atoms with Crippen molar-refractivity contribution in [3.05, 3.63) is 63.7 Å². The molecular formula is C14H10F3N3O4. The highest BCUT2D eigenvalue weighted by atomic mass is 19.4. The minimum atomic E-state index is -4.70. The van der Waals surface area contributed by atoms with Crippen molar-refractivity contribution in [2.45, 2.75) is 6.18 Å². The van der Waals surface area contributed by atoms with Gasteiger partial charge in [-0.2, -0.15) is 13.2 Å². The molecule has 0 amide bonds. The van der Waals surface area contributed by atoms with E-state index < -0.39 is 22.4 Å². The Labute approximate surface area is 132 Å². The van der Waals surface area contributed by atoms with E-state index >= 15 is 0 Å². The van der Waals surface area contributed by atoms with Crippen LogP contribution < -0.4 is 10.5 Å². The maximum atomic E-state index is 12.6. The van der Waals surface area contributed by atoms with Crippen LogP contribution in [0.1, 0.15) is 11.1 Å². The van der Waals surface area contributed by atoms with E-state index in [-0.39, 0.29) is 17.3 Å². The zero-order valence-corrected chi connectivity index (χ0v) is 11.8. The van der Waals surface area contributed by atoms with Crippen LogP contribution in [0.2, 0.25) is 0 Å². The molecule has 0 unspecified atom stereocenters. The van der Waals surface area contributed by atoms with Crippen LogP contribution in [0, 0.1) is 10.1 Å². The van der Waals surface area contributed by atoms with E-state index in [2.05, 4.69) is 5.16 Å². The molecule has 2 rings (SSSR count). The number of halogens is 3. The lowest BCUT2D eigenvalue weighted by molar-refractivity contribution is -0.385. The predicted octanol–water partition coefficient (Wildman–Crippen LogP) is 3.50. The van der Waals surface area contributed by atoms with E-state index in [1.165, 1.54) is 24.3 Å². The molecular weight excluding hydrogens is 331 g/mol. The number of nitrogens with two attached hydrogens (primary N) is 1. The highest BCUT2D eigenvalue weighted by molar-refractivity contribution is 5.97. The number of hydrogen-bond donors (Lipinski definition) is 2. The Morgan fingerprint density at radius 3 is 2.33 bits per heavy atom. The van der Waals surface area contributed by atoms with E-state index in [4.69, 9.17) is 15.7 Å². The number of nitro groups is 1. The molecule has 0 aliphatic heterocycles. The van der Waals surface area contributed by atoms with Gasteiger partial charge in [0.05, 0.1) is 10.5 Å². The largest absolute Gasteiger partial charge is 0.450 e. The minimum absolute atomic E-state index is 0.132. The summed E-state index contributed by atoms with van der Waals surface area (Å²) in [6.45, 7) is 0. The highest BCUT2D eigenvalue weighted by Gasteiger charge is 2.33. The van der Waals surface area contributed by atoms with Gasteiger partial charge in [-0.25, -0.2) is 0 Å². The molecule has 2 aromatic carbocycles. The summed E-state index contributed by atoms with van der Waals surface area (Å²) in [4.78, 5) is 10.0. The van der Waals surface area contributed by atoms with Crippen LogP contribution in [0.5, 0.6) is 11.5 Å². The third-order valence-electron chi connectivity index (χ3n) is 2.97. The van der Waals surface area contributed by atoms with Gasteiger partial charge in [0.2, 0.25) is 5.75 Å². The Morgan fingerprint density at radius 1 is 1.21 bits per heavy atom. The third-order valence-corrected chi connectivity index (χ3v) is 2.97. The summed E-state index contributed by atoms with van der Waals surface area (Å²) in [6, 6.07) is 7.54. The van der Waals surface area contributed by atoms with Gasteiger partial charge in [-0.3, -0.25) is 10.1 Å². The van der Waals surface area contributed by atoms with Crippen molar-refractivity contribution >= 4 is 11.5 Å². The van der Waals surface area contributed by atoms with E-state index in [9.17, 15) is 23.3 Å². The van der Waals surface area contributed by atoms with Gasteiger partial charge in [-0.15, -0.1) is 0 Å². The van der Waals surface area contributed by atoms with Gasteiger partial charge >= 0.3 is 11.9 Å². The number of oxime groups is 1. The molecule has 0 spiro atoms. The summed E-state index contributed by atoms with van der Waals surface area (Å²) >= 11 is 0. The van der Waals surface area contributed by atoms with Gasteiger partial charge in [0, 0.05) is 11.6 Å². The number of benzene rings is 2. The summed E-state index contributed by atoms with van der Waals surface area (Å²) < 4.78 is 43.2. The summed E-state index contributed by atoms with van der Waals surface area (Å²) in [5.74, 6) is -0.362. The Bertz CT molecular complexity index is 789. The van der Waals surface area contributed by atoms with Crippen molar-refractivity contribution in [3.8, 4) is 11.5 Å². The lowest BCUT2D eigenvalue weighted by Gasteiger charge is -2.10. The van der Waals surface area contributed by atoms with Crippen LogP contribution in [0.15, 0.2) is 47.6 Å². The summed E-state index contributed by atoms with van der Waals surface area (Å²) in [5.41, 5.74) is 3.79. The van der Waals surface area contributed by atoms with Crippen molar-refractivity contribution < 1.29 is 28.0 Å². The van der Waals surface area contributed by atoms with Crippen molar-refractivity contribution in [1.82, 2.24) is 0 Å². The van der Waals surface area contributed by atoms with Gasteiger partial charge in [0.1, 0.15) is 5.75 Å². The zero-order chi connectivity index (χ0) is 17.9. The monoisotopic (exact) mass is 341 g/mol. The second kappa shape index (κ2) is 6.44. The van der Waals surface area contributed by atoms with Gasteiger partial charge in [-0.1, -0.05) is 5.16 Å². The molecule has 7 nitrogen and oxygen atoms in total. The lowest BCUT2D eigenvalue weighted by atomic mass is 10.1. The quantitative estimate of drug-likeness (QED) is 0.291. The smallest absolute Gasteiger partial charge is 0.416 e. The molecule has 0 saturated carbocycles. The van der Waals surface area contributed by atoms with E-state index in [0.29, 0.717) is 17.7 Å². The van der Waals surface area contributed by atoms with Gasteiger partial charge in [-0.05, 0) is 36.4 Å². The van der Waals surface area contributed by atoms with Gasteiger partial charge in [0.15, 0.2) is 5.84 Å². The molecule has 0 radical (unpaired) electrons. The molecule has 0 aliphatic rings. The molecule has 10 heteroatoms. The molecule has 0 aliphatic carbocycles. The topological polar surface area (TPSA) is 111 Å². The molecule has 0 heterocycles. The average molecular weight is 341 g/mol. The summed E-state index contributed by atoms with van der Waals surface area (Å²) in [6.07, 6.45) is -4.70. The Morgan fingerprint density at radius 2 is 1.83 bits per heavy atom. The number of hydrogen-bond acceptors (Lipinski definition) is 5. The van der Waals surface area contributed by atoms with Crippen LogP contribution in [0.4, 0.5) is 18.9 Å². The number of amidine groups is 1. The number of alkyl halides is 3. The Kier molecular flexibility index (Phi) is 4.58. The molecule has 2 aromatic rings. The van der Waals surface area contributed by atoms with Gasteiger partial charge < -0.3 is 15.7 Å². The van der Waals surface area contributed by atoms with Crippen molar-refractivity contribution in [2.75, 3.05) is 0 Å². The maximum Gasteiger partial charge on any atom is 0.416 e. The number of nitro benzene ring substituents is 1. The number of nitrogens with zero attached hydrogens (tertiary/aromatic N) is 2. The molecule has 24 heavy (non-hydrogen) atoms. The fraction of sp³-hybridized carbons (Fsp3) is 0.0714. The van der Waals surface area contributed by atoms with Crippen LogP contribution in [0.3, 0.4) is 0 Å². The summed E-state index contributed by atoms with van der Waals surface area (Å²) in [5, 5.41) is 22.3. The Balaban J connectivity index is 2.34. The van der Waals surface area contributed by atoms with Gasteiger partial charge in [0.25, 0.3) is 0 Å². The second-order valence-electron chi connectivity index (χ2n) is 4.55. The van der Waals surface area contributed by atoms with Crippen molar-refractivity contribution in [3.63, 3.8) is 0 Å². The first kappa shape index (κ1) is 17.1. The van der Waals surface area contributed by atoms with Crippen LogP contribution in [0.25, 0.3) is 0 Å². The number of rotatable bonds is 4. The second-order valence-corrected chi connectivity index (χ2v) is 4.55.